The van der Waals surface area contributed by atoms with Crippen molar-refractivity contribution in [2.24, 2.45) is 5.41 Å². The molecule has 0 atom stereocenters. The lowest BCUT2D eigenvalue weighted by Crippen LogP contribution is -2.21. The van der Waals surface area contributed by atoms with E-state index >= 15 is 0 Å². The van der Waals surface area contributed by atoms with Crippen LogP contribution in [0.4, 0.5) is 11.4 Å². The SMILES string of the molecule is [C-]#[N+]c1cc2c(cc1[N+]#[C-])Oc1cc3c(cc1O2)CC1(Cc2cc4c(cc2C1)Oc1cc(C#N)c(C#N)cc1O4)C3. The summed E-state index contributed by atoms with van der Waals surface area (Å²) < 4.78 is 24.6. The Balaban J connectivity index is 1.08. The van der Waals surface area contributed by atoms with Crippen molar-refractivity contribution < 1.29 is 18.9 Å². The lowest BCUT2D eigenvalue weighted by molar-refractivity contribution is 0.326. The highest BCUT2D eigenvalue weighted by Crippen LogP contribution is 2.56. The molecule has 0 bridgehead atoms. The van der Waals surface area contributed by atoms with Gasteiger partial charge in [-0.2, -0.15) is 10.5 Å². The topological polar surface area (TPSA) is 93.2 Å². The number of hydrogen-bond donors (Lipinski definition) is 0. The van der Waals surface area contributed by atoms with Crippen LogP contribution in [0.1, 0.15) is 33.4 Å². The predicted octanol–water partition coefficient (Wildman–Crippen LogP) is 8.21. The minimum absolute atomic E-state index is 0.00869. The molecule has 41 heavy (non-hydrogen) atoms. The molecule has 0 saturated carbocycles. The molecular formula is C33H16N4O4. The van der Waals surface area contributed by atoms with E-state index in [0.29, 0.717) is 46.0 Å². The first-order valence-electron chi connectivity index (χ1n) is 12.9. The summed E-state index contributed by atoms with van der Waals surface area (Å²) in [6, 6.07) is 18.5. The molecule has 8 heteroatoms. The first-order valence-corrected chi connectivity index (χ1v) is 12.9. The minimum Gasteiger partial charge on any atom is -0.451 e. The third kappa shape index (κ3) is 3.36. The summed E-state index contributed by atoms with van der Waals surface area (Å²) in [6.07, 6.45) is 3.53. The third-order valence-corrected chi connectivity index (χ3v) is 8.28. The number of nitrogens with zero attached hydrogens (tertiary/aromatic N) is 4. The van der Waals surface area contributed by atoms with E-state index in [9.17, 15) is 10.5 Å². The molecule has 0 unspecified atom stereocenters. The van der Waals surface area contributed by atoms with Crippen LogP contribution in [0.3, 0.4) is 0 Å². The molecule has 2 aliphatic heterocycles. The monoisotopic (exact) mass is 532 g/mol. The highest BCUT2D eigenvalue weighted by Gasteiger charge is 2.44. The normalized spacial score (nSPS) is 15.3. The van der Waals surface area contributed by atoms with Gasteiger partial charge in [-0.05, 0) is 89.8 Å². The van der Waals surface area contributed by atoms with E-state index in [0.717, 1.165) is 25.7 Å². The van der Waals surface area contributed by atoms with Gasteiger partial charge in [-0.15, -0.1) is 0 Å². The third-order valence-electron chi connectivity index (χ3n) is 8.28. The number of rotatable bonds is 0. The number of nitriles is 2. The lowest BCUT2D eigenvalue weighted by atomic mass is 9.82. The lowest BCUT2D eigenvalue weighted by Gasteiger charge is -2.22. The van der Waals surface area contributed by atoms with Crippen LogP contribution in [-0.4, -0.2) is 0 Å². The molecule has 1 spiro atoms. The standard InChI is InChI=1S/C33H16N4O4/c1-36-23-9-31-32(10-24(23)37-2)41-28-6-20-14-33(13-19(20)5-27(28)40-31)11-17-3-25-26(4-18(17)12-33)39-30-8-22(16-35)21(15-34)7-29(30)38-25/h3-10H,11-14H2. The van der Waals surface area contributed by atoms with Gasteiger partial charge in [-0.1, -0.05) is 0 Å². The fourth-order valence-corrected chi connectivity index (χ4v) is 6.51. The van der Waals surface area contributed by atoms with Crippen molar-refractivity contribution in [2.45, 2.75) is 25.7 Å². The Labute approximate surface area is 234 Å². The second-order valence-corrected chi connectivity index (χ2v) is 10.8. The van der Waals surface area contributed by atoms with Gasteiger partial charge in [0.2, 0.25) is 0 Å². The summed E-state index contributed by atoms with van der Waals surface area (Å²) >= 11 is 0. The molecule has 0 radical (unpaired) electrons. The van der Waals surface area contributed by atoms with E-state index < -0.39 is 0 Å². The second-order valence-electron chi connectivity index (χ2n) is 10.8. The molecule has 4 aromatic rings. The van der Waals surface area contributed by atoms with E-state index in [1.165, 1.54) is 22.3 Å². The first-order chi connectivity index (χ1) is 20.0. The van der Waals surface area contributed by atoms with E-state index in [2.05, 4.69) is 9.69 Å². The highest BCUT2D eigenvalue weighted by molar-refractivity contribution is 5.77. The van der Waals surface area contributed by atoms with Crippen molar-refractivity contribution in [1.29, 1.82) is 10.5 Å². The summed E-state index contributed by atoms with van der Waals surface area (Å²) in [4.78, 5) is 6.89. The zero-order valence-corrected chi connectivity index (χ0v) is 21.4. The van der Waals surface area contributed by atoms with Crippen LogP contribution in [0.2, 0.25) is 0 Å². The zero-order chi connectivity index (χ0) is 27.9. The Morgan fingerprint density at radius 3 is 1.10 bits per heavy atom. The van der Waals surface area contributed by atoms with E-state index in [1.54, 1.807) is 24.3 Å². The van der Waals surface area contributed by atoms with Gasteiger partial charge in [-0.3, -0.25) is 0 Å². The summed E-state index contributed by atoms with van der Waals surface area (Å²) in [5.74, 6) is 4.15. The van der Waals surface area contributed by atoms with Crippen LogP contribution < -0.4 is 18.9 Å². The molecule has 4 aromatic carbocycles. The van der Waals surface area contributed by atoms with E-state index in [-0.39, 0.29) is 27.9 Å². The fourth-order valence-electron chi connectivity index (χ4n) is 6.51. The van der Waals surface area contributed by atoms with Crippen LogP contribution in [0, 0.1) is 41.2 Å². The Hall–Kier alpha value is -5.96. The quantitative estimate of drug-likeness (QED) is 0.183. The van der Waals surface area contributed by atoms with Crippen molar-refractivity contribution in [3.8, 4) is 58.1 Å². The molecule has 0 fully saturated rings. The summed E-state index contributed by atoms with van der Waals surface area (Å²) in [6.45, 7) is 14.7. The zero-order valence-electron chi connectivity index (χ0n) is 21.4. The van der Waals surface area contributed by atoms with Gasteiger partial charge in [-0.25, -0.2) is 9.69 Å². The molecule has 8 rings (SSSR count). The van der Waals surface area contributed by atoms with Crippen molar-refractivity contribution in [1.82, 2.24) is 0 Å². The average Bonchev–Trinajstić information content (AvgIpc) is 3.50. The van der Waals surface area contributed by atoms with Crippen molar-refractivity contribution in [3.05, 3.63) is 105 Å². The van der Waals surface area contributed by atoms with Gasteiger partial charge in [0, 0.05) is 12.1 Å². The van der Waals surface area contributed by atoms with Gasteiger partial charge in [0.05, 0.1) is 24.3 Å². The molecular weight excluding hydrogens is 516 g/mol. The van der Waals surface area contributed by atoms with E-state index in [4.69, 9.17) is 32.1 Å². The molecule has 192 valence electrons. The molecule has 2 aliphatic carbocycles. The van der Waals surface area contributed by atoms with Gasteiger partial charge < -0.3 is 18.9 Å². The Bertz CT molecular complexity index is 1770. The maximum Gasteiger partial charge on any atom is 0.198 e. The summed E-state index contributed by atoms with van der Waals surface area (Å²) in [5, 5.41) is 18.8. The van der Waals surface area contributed by atoms with Crippen molar-refractivity contribution in [3.63, 3.8) is 0 Å². The van der Waals surface area contributed by atoms with Gasteiger partial charge in [0.15, 0.2) is 57.4 Å². The summed E-state index contributed by atoms with van der Waals surface area (Å²) in [5.41, 5.74) is 5.83. The number of benzene rings is 4. The molecule has 2 heterocycles. The Morgan fingerprint density at radius 1 is 0.512 bits per heavy atom. The van der Waals surface area contributed by atoms with Gasteiger partial charge >= 0.3 is 0 Å². The molecule has 4 aliphatic rings. The number of ether oxygens (including phenoxy) is 4. The Kier molecular flexibility index (Phi) is 4.50. The molecule has 0 amide bonds. The largest absolute Gasteiger partial charge is 0.451 e. The highest BCUT2D eigenvalue weighted by atomic mass is 16.6. The fraction of sp³-hybridized carbons (Fsp3) is 0.152. The van der Waals surface area contributed by atoms with Crippen LogP contribution in [-0.2, 0) is 25.7 Å². The van der Waals surface area contributed by atoms with Gasteiger partial charge in [0.25, 0.3) is 0 Å². The van der Waals surface area contributed by atoms with Crippen LogP contribution in [0.15, 0.2) is 48.5 Å². The number of hydrogen-bond acceptors (Lipinski definition) is 6. The Morgan fingerprint density at radius 2 is 0.805 bits per heavy atom. The first kappa shape index (κ1) is 23.0. The molecule has 0 aromatic heterocycles. The van der Waals surface area contributed by atoms with Crippen molar-refractivity contribution >= 4 is 11.4 Å². The van der Waals surface area contributed by atoms with Crippen LogP contribution in [0.25, 0.3) is 9.69 Å². The predicted molar refractivity (Wildman–Crippen MR) is 145 cm³/mol. The summed E-state index contributed by atoms with van der Waals surface area (Å²) in [7, 11) is 0. The minimum atomic E-state index is 0.00869. The maximum atomic E-state index is 9.39. The van der Waals surface area contributed by atoms with Gasteiger partial charge in [0.1, 0.15) is 12.1 Å². The second kappa shape index (κ2) is 8.03. The maximum absolute atomic E-state index is 9.39. The van der Waals surface area contributed by atoms with E-state index in [1.807, 2.05) is 36.4 Å². The smallest absolute Gasteiger partial charge is 0.198 e. The molecule has 8 nitrogen and oxygen atoms in total. The molecule has 0 saturated heterocycles. The number of fused-ring (bicyclic) bond motifs is 6. The van der Waals surface area contributed by atoms with Crippen molar-refractivity contribution in [2.75, 3.05) is 0 Å². The van der Waals surface area contributed by atoms with Crippen LogP contribution >= 0.6 is 0 Å². The van der Waals surface area contributed by atoms with Crippen LogP contribution in [0.5, 0.6) is 46.0 Å². The molecule has 0 N–H and O–H groups in total. The average molecular weight is 533 g/mol.